The minimum Gasteiger partial charge on any atom is -0.494 e. The fraction of sp³-hybridized carbons (Fsp3) is 0.176. The molecule has 1 amide bonds. The summed E-state index contributed by atoms with van der Waals surface area (Å²) in [5.41, 5.74) is 4.42. The second kappa shape index (κ2) is 7.62. The lowest BCUT2D eigenvalue weighted by atomic mass is 10.1. The Morgan fingerprint density at radius 1 is 1.19 bits per heavy atom. The monoisotopic (exact) mass is 355 g/mol. The molecule has 1 aromatic carbocycles. The Kier molecular flexibility index (Phi) is 5.09. The van der Waals surface area contributed by atoms with Crippen LogP contribution in [0.4, 0.5) is 11.4 Å². The number of hydrogen-bond acceptors (Lipinski definition) is 8. The lowest BCUT2D eigenvalue weighted by Gasteiger charge is -2.15. The number of nitrogens with zero attached hydrogens (tertiary/aromatic N) is 3. The van der Waals surface area contributed by atoms with Crippen LogP contribution in [-0.4, -0.2) is 35.3 Å². The molecule has 0 radical (unpaired) electrons. The summed E-state index contributed by atoms with van der Waals surface area (Å²) in [4.78, 5) is 25.0. The minimum atomic E-state index is -0.424. The average Bonchev–Trinajstić information content (AvgIpc) is 3.08. The van der Waals surface area contributed by atoms with Crippen LogP contribution in [0.5, 0.6) is 5.75 Å². The Hall–Kier alpha value is -3.46. The van der Waals surface area contributed by atoms with Crippen molar-refractivity contribution in [2.24, 2.45) is 0 Å². The van der Waals surface area contributed by atoms with Crippen molar-refractivity contribution in [3.8, 4) is 17.1 Å². The van der Waals surface area contributed by atoms with Crippen molar-refractivity contribution in [3.63, 3.8) is 0 Å². The summed E-state index contributed by atoms with van der Waals surface area (Å²) in [7, 11) is 2.91. The van der Waals surface area contributed by atoms with Gasteiger partial charge in [0.1, 0.15) is 0 Å². The number of carbonyl (C=O) groups excluding carboxylic acids is 1. The number of carbonyl (C=O) groups is 1. The van der Waals surface area contributed by atoms with E-state index in [0.29, 0.717) is 40.0 Å². The number of aromatic nitrogens is 3. The summed E-state index contributed by atoms with van der Waals surface area (Å²) >= 11 is 0. The fourth-order valence-corrected chi connectivity index (χ4v) is 2.42. The summed E-state index contributed by atoms with van der Waals surface area (Å²) in [6, 6.07) is 7.13. The van der Waals surface area contributed by atoms with E-state index in [2.05, 4.69) is 30.8 Å². The highest BCUT2D eigenvalue weighted by Gasteiger charge is 2.17. The van der Waals surface area contributed by atoms with Crippen LogP contribution in [0.3, 0.4) is 0 Å². The van der Waals surface area contributed by atoms with E-state index in [4.69, 9.17) is 9.26 Å². The Morgan fingerprint density at radius 2 is 2.04 bits per heavy atom. The van der Waals surface area contributed by atoms with Gasteiger partial charge in [0.15, 0.2) is 5.75 Å². The van der Waals surface area contributed by atoms with Crippen LogP contribution in [0.2, 0.25) is 0 Å². The smallest absolute Gasteiger partial charge is 0.278 e. The number of methoxy groups -OCH3 is 1. The standard InChI is InChI=1S/C17H17N5O4/c1-10-19-16(21-26-10)11-5-4-6-14(15(11)24-2)20-13-7-8-18-9-12(13)17(23)22-25-3/h4-9H,1-3H3,(H,18,20)(H,22,23). The van der Waals surface area contributed by atoms with Crippen LogP contribution >= 0.6 is 0 Å². The van der Waals surface area contributed by atoms with Crippen molar-refractivity contribution in [1.82, 2.24) is 20.6 Å². The number of hydroxylamine groups is 1. The van der Waals surface area contributed by atoms with Gasteiger partial charge in [-0.05, 0) is 18.2 Å². The van der Waals surface area contributed by atoms with Gasteiger partial charge in [0.2, 0.25) is 11.7 Å². The maximum absolute atomic E-state index is 12.1. The van der Waals surface area contributed by atoms with Gasteiger partial charge in [-0.3, -0.25) is 14.6 Å². The van der Waals surface area contributed by atoms with Crippen LogP contribution < -0.4 is 15.5 Å². The summed E-state index contributed by atoms with van der Waals surface area (Å²) in [5, 5.41) is 7.11. The van der Waals surface area contributed by atoms with Gasteiger partial charge in [-0.15, -0.1) is 0 Å². The number of hydrogen-bond donors (Lipinski definition) is 2. The lowest BCUT2D eigenvalue weighted by Crippen LogP contribution is -2.23. The SMILES string of the molecule is CONC(=O)c1cnccc1Nc1cccc(-c2noc(C)n2)c1OC. The van der Waals surface area contributed by atoms with E-state index in [-0.39, 0.29) is 0 Å². The van der Waals surface area contributed by atoms with Gasteiger partial charge in [-0.1, -0.05) is 11.2 Å². The van der Waals surface area contributed by atoms with Gasteiger partial charge in [-0.25, -0.2) is 5.48 Å². The molecule has 3 aromatic rings. The average molecular weight is 355 g/mol. The number of anilines is 2. The molecule has 0 spiro atoms. The maximum atomic E-state index is 12.1. The number of amides is 1. The summed E-state index contributed by atoms with van der Waals surface area (Å²) in [5.74, 6) is 0.957. The third kappa shape index (κ3) is 3.47. The molecule has 0 atom stereocenters. The zero-order valence-corrected chi connectivity index (χ0v) is 14.4. The van der Waals surface area contributed by atoms with E-state index in [9.17, 15) is 4.79 Å². The maximum Gasteiger partial charge on any atom is 0.278 e. The van der Waals surface area contributed by atoms with Crippen molar-refractivity contribution in [1.29, 1.82) is 0 Å². The first-order valence-corrected chi connectivity index (χ1v) is 7.66. The zero-order valence-electron chi connectivity index (χ0n) is 14.4. The molecule has 9 nitrogen and oxygen atoms in total. The zero-order chi connectivity index (χ0) is 18.5. The molecule has 9 heteroatoms. The largest absolute Gasteiger partial charge is 0.494 e. The first kappa shape index (κ1) is 17.4. The third-order valence-electron chi connectivity index (χ3n) is 3.52. The van der Waals surface area contributed by atoms with Gasteiger partial charge in [0, 0.05) is 19.3 Å². The molecular formula is C17H17N5O4. The summed E-state index contributed by atoms with van der Waals surface area (Å²) in [6.45, 7) is 1.71. The van der Waals surface area contributed by atoms with Crippen LogP contribution in [0.15, 0.2) is 41.2 Å². The van der Waals surface area contributed by atoms with Crippen LogP contribution in [-0.2, 0) is 4.84 Å². The molecule has 0 aliphatic heterocycles. The molecule has 2 heterocycles. The van der Waals surface area contributed by atoms with Crippen molar-refractivity contribution in [3.05, 3.63) is 48.1 Å². The van der Waals surface area contributed by atoms with Crippen molar-refractivity contribution in [2.45, 2.75) is 6.92 Å². The molecule has 0 aliphatic carbocycles. The van der Waals surface area contributed by atoms with Gasteiger partial charge < -0.3 is 14.6 Å². The molecule has 0 bridgehead atoms. The molecule has 0 fully saturated rings. The van der Waals surface area contributed by atoms with Crippen LogP contribution in [0.25, 0.3) is 11.4 Å². The van der Waals surface area contributed by atoms with Crippen molar-refractivity contribution >= 4 is 17.3 Å². The minimum absolute atomic E-state index is 0.317. The predicted molar refractivity (Wildman–Crippen MR) is 93.0 cm³/mol. The molecule has 134 valence electrons. The van der Waals surface area contributed by atoms with E-state index >= 15 is 0 Å². The van der Waals surface area contributed by atoms with E-state index < -0.39 is 5.91 Å². The molecule has 0 unspecified atom stereocenters. The quantitative estimate of drug-likeness (QED) is 0.649. The number of pyridine rings is 1. The topological polar surface area (TPSA) is 111 Å². The highest BCUT2D eigenvalue weighted by Crippen LogP contribution is 2.37. The first-order valence-electron chi connectivity index (χ1n) is 7.66. The molecule has 2 aromatic heterocycles. The number of aryl methyl sites for hydroxylation is 1. The van der Waals surface area contributed by atoms with Gasteiger partial charge in [0.05, 0.1) is 36.7 Å². The Labute approximate surface area is 149 Å². The van der Waals surface area contributed by atoms with E-state index in [0.717, 1.165) is 0 Å². The number of ether oxygens (including phenoxy) is 1. The highest BCUT2D eigenvalue weighted by molar-refractivity contribution is 5.99. The van der Waals surface area contributed by atoms with Crippen LogP contribution in [0.1, 0.15) is 16.2 Å². The Bertz CT molecular complexity index is 925. The van der Waals surface area contributed by atoms with E-state index in [1.54, 1.807) is 26.3 Å². The van der Waals surface area contributed by atoms with Gasteiger partial charge >= 0.3 is 0 Å². The van der Waals surface area contributed by atoms with Crippen LogP contribution in [0, 0.1) is 6.92 Å². The highest BCUT2D eigenvalue weighted by atomic mass is 16.6. The molecule has 0 aliphatic rings. The second-order valence-corrected chi connectivity index (χ2v) is 5.20. The van der Waals surface area contributed by atoms with Crippen molar-refractivity contribution < 1.29 is 18.9 Å². The summed E-state index contributed by atoms with van der Waals surface area (Å²) in [6.07, 6.45) is 3.01. The molecular weight excluding hydrogens is 338 g/mol. The Morgan fingerprint density at radius 3 is 2.73 bits per heavy atom. The molecule has 2 N–H and O–H groups in total. The first-order chi connectivity index (χ1) is 12.6. The molecule has 26 heavy (non-hydrogen) atoms. The summed E-state index contributed by atoms with van der Waals surface area (Å²) < 4.78 is 10.6. The van der Waals surface area contributed by atoms with E-state index in [1.165, 1.54) is 13.3 Å². The fourth-order valence-electron chi connectivity index (χ4n) is 2.42. The normalized spacial score (nSPS) is 10.4. The van der Waals surface area contributed by atoms with E-state index in [1.807, 2.05) is 18.2 Å². The number of para-hydroxylation sites is 1. The molecule has 0 saturated heterocycles. The predicted octanol–water partition coefficient (Wildman–Crippen LogP) is 2.48. The van der Waals surface area contributed by atoms with Gasteiger partial charge in [-0.2, -0.15) is 4.98 Å². The molecule has 3 rings (SSSR count). The number of benzene rings is 1. The molecule has 0 saturated carbocycles. The van der Waals surface area contributed by atoms with Gasteiger partial charge in [0.25, 0.3) is 5.91 Å². The third-order valence-corrected chi connectivity index (χ3v) is 3.52. The Balaban J connectivity index is 2.00. The number of rotatable bonds is 6. The number of nitrogens with one attached hydrogen (secondary N) is 2. The lowest BCUT2D eigenvalue weighted by molar-refractivity contribution is 0.0538. The van der Waals surface area contributed by atoms with Crippen molar-refractivity contribution in [2.75, 3.05) is 19.5 Å². The second-order valence-electron chi connectivity index (χ2n) is 5.20.